The van der Waals surface area contributed by atoms with Gasteiger partial charge in [-0.05, 0) is 36.4 Å². The van der Waals surface area contributed by atoms with E-state index in [1.54, 1.807) is 6.92 Å². The predicted molar refractivity (Wildman–Crippen MR) is 134 cm³/mol. The number of phenolic OH excluding ortho intramolecular Hbond substituents is 2. The lowest BCUT2D eigenvalue weighted by atomic mass is 9.65. The molecule has 216 valence electrons. The molecule has 13 nitrogen and oxygen atoms in total. The van der Waals surface area contributed by atoms with Gasteiger partial charge in [0.05, 0.1) is 29.9 Å². The van der Waals surface area contributed by atoms with E-state index in [0.717, 1.165) is 0 Å². The van der Waals surface area contributed by atoms with Crippen molar-refractivity contribution >= 4 is 34.2 Å². The Bertz CT molecular complexity index is 1600. The van der Waals surface area contributed by atoms with E-state index in [2.05, 4.69) is 0 Å². The molecule has 3 fully saturated rings. The monoisotopic (exact) mass is 569 g/mol. The quantitative estimate of drug-likeness (QED) is 0.446. The number of fused-ring (bicyclic) bond motifs is 4. The zero-order valence-corrected chi connectivity index (χ0v) is 22.4. The Labute approximate surface area is 232 Å². The number of esters is 1. The van der Waals surface area contributed by atoms with Crippen molar-refractivity contribution in [2.45, 2.75) is 68.2 Å². The number of ether oxygens (including phenoxy) is 5. The molecule has 3 saturated heterocycles. The van der Waals surface area contributed by atoms with E-state index in [1.807, 2.05) is 0 Å². The van der Waals surface area contributed by atoms with E-state index in [4.69, 9.17) is 23.7 Å². The minimum atomic E-state index is -2.48. The lowest BCUT2D eigenvalue weighted by Crippen LogP contribution is -2.73. The molecular weight excluding hydrogens is 542 g/mol. The van der Waals surface area contributed by atoms with Crippen LogP contribution in [0.4, 0.5) is 0 Å². The molecule has 0 saturated carbocycles. The Morgan fingerprint density at radius 3 is 2.54 bits per heavy atom. The molecule has 1 unspecified atom stereocenters. The van der Waals surface area contributed by atoms with Gasteiger partial charge < -0.3 is 43.9 Å². The largest absolute Gasteiger partial charge is 0.507 e. The maximum Gasteiger partial charge on any atom is 0.312 e. The number of Topliss-reactive ketones (excluding diaryl/α,β-unsaturated/α-hetero) is 2. The Balaban J connectivity index is 1.49. The second-order valence-electron chi connectivity index (χ2n) is 11.3. The van der Waals surface area contributed by atoms with Crippen molar-refractivity contribution in [1.82, 2.24) is 4.90 Å². The smallest absolute Gasteiger partial charge is 0.312 e. The molecule has 41 heavy (non-hydrogen) atoms. The average Bonchev–Trinajstić information content (AvgIpc) is 3.50. The number of nitrogens with zero attached hydrogens (tertiary/aromatic N) is 1. The fourth-order valence-electron chi connectivity index (χ4n) is 7.10. The molecule has 4 heterocycles. The van der Waals surface area contributed by atoms with Gasteiger partial charge in [0.15, 0.2) is 6.29 Å². The van der Waals surface area contributed by atoms with Crippen LogP contribution in [0.5, 0.6) is 11.5 Å². The lowest BCUT2D eigenvalue weighted by molar-refractivity contribution is -0.277. The summed E-state index contributed by atoms with van der Waals surface area (Å²) in [7, 11) is 2.73. The van der Waals surface area contributed by atoms with Crippen LogP contribution in [0.25, 0.3) is 10.8 Å². The first-order valence-corrected chi connectivity index (χ1v) is 13.2. The van der Waals surface area contributed by atoms with Gasteiger partial charge in [-0.25, -0.2) is 0 Å². The van der Waals surface area contributed by atoms with Crippen molar-refractivity contribution < 1.29 is 58.2 Å². The van der Waals surface area contributed by atoms with Gasteiger partial charge in [-0.2, -0.15) is 0 Å². The number of aromatic hydroxyl groups is 2. The number of benzene rings is 2. The van der Waals surface area contributed by atoms with E-state index < -0.39 is 83.3 Å². The molecule has 5 aliphatic rings. The molecule has 4 aliphatic heterocycles. The molecule has 2 aromatic rings. The van der Waals surface area contributed by atoms with Crippen LogP contribution in [-0.4, -0.2) is 99.9 Å². The molecule has 1 spiro atoms. The molecular formula is C28H27NO12. The van der Waals surface area contributed by atoms with Gasteiger partial charge in [0, 0.05) is 38.1 Å². The molecule has 0 aromatic heterocycles. The summed E-state index contributed by atoms with van der Waals surface area (Å²) in [5.41, 5.74) is -5.16. The lowest BCUT2D eigenvalue weighted by Gasteiger charge is -2.47. The van der Waals surface area contributed by atoms with Gasteiger partial charge in [-0.15, -0.1) is 0 Å². The van der Waals surface area contributed by atoms with Gasteiger partial charge >= 0.3 is 5.97 Å². The highest BCUT2D eigenvalue weighted by atomic mass is 16.8. The molecule has 1 aliphatic carbocycles. The Hall–Kier alpha value is -3.62. The molecule has 7 rings (SSSR count). The molecule has 13 heteroatoms. The fraction of sp³-hybridized carbons (Fsp3) is 0.500. The maximum absolute atomic E-state index is 14.6. The summed E-state index contributed by atoms with van der Waals surface area (Å²) in [4.78, 5) is 56.1. The molecule has 1 amide bonds. The first-order valence-electron chi connectivity index (χ1n) is 13.2. The van der Waals surface area contributed by atoms with Gasteiger partial charge in [0.25, 0.3) is 11.5 Å². The molecule has 6 atom stereocenters. The van der Waals surface area contributed by atoms with Crippen molar-refractivity contribution in [3.05, 3.63) is 34.4 Å². The standard InChI is InChI=1S/C28H27NO12/c1-11-15(30)4-5-18(39-11)41-26-10-38-27(37-3)8-17(32)40-28(26,27)24(35)21-13(23(26)34)6-12-7-16(31)20-14(19(12)22(21)33)9-29(2)25(20)36/h6-7,11,15,18,30-31,33H,4-5,8-10H2,1-3H3/t11-,15-,18-,26+,27-,28?/m0/s1. The number of carbonyl (C=O) groups is 4. The number of hydrogen-bond acceptors (Lipinski definition) is 12. The molecule has 2 aromatic carbocycles. The van der Waals surface area contributed by atoms with Crippen LogP contribution in [0, 0.1) is 0 Å². The highest BCUT2D eigenvalue weighted by molar-refractivity contribution is 6.28. The van der Waals surface area contributed by atoms with Gasteiger partial charge in [0.1, 0.15) is 17.9 Å². The Kier molecular flexibility index (Phi) is 5.28. The first-order chi connectivity index (χ1) is 19.4. The van der Waals surface area contributed by atoms with Gasteiger partial charge in [-0.3, -0.25) is 19.2 Å². The molecule has 3 N–H and O–H groups in total. The summed E-state index contributed by atoms with van der Waals surface area (Å²) in [5, 5.41) is 32.8. The van der Waals surface area contributed by atoms with Gasteiger partial charge in [-0.1, -0.05) is 0 Å². The third kappa shape index (κ3) is 2.97. The predicted octanol–water partition coefficient (Wildman–Crippen LogP) is 0.915. The SMILES string of the molecule is CO[C@]12CC(=O)OC13C(=O)c1c(cc4cc(O)c5c(c4c1O)CN(C)C5=O)C(=O)[C@]3(O[C@H]1CC[C@H](O)[C@H](C)O1)CO2. The average molecular weight is 570 g/mol. The number of amides is 1. The van der Waals surface area contributed by atoms with E-state index in [1.165, 1.54) is 31.2 Å². The van der Waals surface area contributed by atoms with Crippen LogP contribution in [0.2, 0.25) is 0 Å². The number of aliphatic hydroxyl groups excluding tert-OH is 1. The maximum atomic E-state index is 14.6. The van der Waals surface area contributed by atoms with Gasteiger partial charge in [0.2, 0.25) is 23.0 Å². The van der Waals surface area contributed by atoms with E-state index >= 15 is 0 Å². The van der Waals surface area contributed by atoms with Crippen molar-refractivity contribution in [3.8, 4) is 11.5 Å². The zero-order chi connectivity index (χ0) is 29.2. The number of carbonyl (C=O) groups excluding carboxylic acids is 4. The number of aliphatic hydroxyl groups is 1. The number of phenols is 2. The van der Waals surface area contributed by atoms with E-state index in [9.17, 15) is 34.5 Å². The van der Waals surface area contributed by atoms with Crippen LogP contribution in [0.3, 0.4) is 0 Å². The highest BCUT2D eigenvalue weighted by Gasteiger charge is 2.86. The van der Waals surface area contributed by atoms with Crippen molar-refractivity contribution in [1.29, 1.82) is 0 Å². The summed E-state index contributed by atoms with van der Waals surface area (Å²) >= 11 is 0. The fourth-order valence-corrected chi connectivity index (χ4v) is 7.10. The normalized spacial score (nSPS) is 35.9. The Morgan fingerprint density at radius 2 is 1.83 bits per heavy atom. The summed E-state index contributed by atoms with van der Waals surface area (Å²) in [6.45, 7) is 1.13. The summed E-state index contributed by atoms with van der Waals surface area (Å²) in [5.74, 6) is -6.14. The topological polar surface area (TPSA) is 178 Å². The van der Waals surface area contributed by atoms with Crippen molar-refractivity contribution in [2.75, 3.05) is 20.8 Å². The second-order valence-corrected chi connectivity index (χ2v) is 11.3. The second kappa shape index (κ2) is 8.23. The number of rotatable bonds is 3. The highest BCUT2D eigenvalue weighted by Crippen LogP contribution is 2.61. The molecule has 0 radical (unpaired) electrons. The Morgan fingerprint density at radius 1 is 1.07 bits per heavy atom. The van der Waals surface area contributed by atoms with Crippen LogP contribution < -0.4 is 0 Å². The minimum absolute atomic E-state index is 0.0193. The molecule has 0 bridgehead atoms. The van der Waals surface area contributed by atoms with Crippen molar-refractivity contribution in [3.63, 3.8) is 0 Å². The minimum Gasteiger partial charge on any atom is -0.507 e. The van der Waals surface area contributed by atoms with E-state index in [0.29, 0.717) is 0 Å². The van der Waals surface area contributed by atoms with Crippen LogP contribution in [0.15, 0.2) is 12.1 Å². The van der Waals surface area contributed by atoms with Crippen LogP contribution >= 0.6 is 0 Å². The van der Waals surface area contributed by atoms with Crippen molar-refractivity contribution in [2.24, 2.45) is 0 Å². The number of methoxy groups -OCH3 is 1. The third-order valence-electron chi connectivity index (χ3n) is 9.12. The van der Waals surface area contributed by atoms with Crippen LogP contribution in [-0.2, 0) is 35.0 Å². The van der Waals surface area contributed by atoms with Crippen LogP contribution in [0.1, 0.15) is 62.8 Å². The summed E-state index contributed by atoms with van der Waals surface area (Å²) in [6, 6.07) is 2.58. The van der Waals surface area contributed by atoms with E-state index in [-0.39, 0.29) is 52.6 Å². The summed E-state index contributed by atoms with van der Waals surface area (Å²) in [6.07, 6.45) is -2.58. The summed E-state index contributed by atoms with van der Waals surface area (Å²) < 4.78 is 29.4. The number of hydrogen-bond donors (Lipinski definition) is 3. The number of ketones is 2. The zero-order valence-electron chi connectivity index (χ0n) is 22.4. The third-order valence-corrected chi connectivity index (χ3v) is 9.12. The first kappa shape index (κ1) is 26.3.